The lowest BCUT2D eigenvalue weighted by atomic mass is 10.0. The Morgan fingerprint density at radius 1 is 1.39 bits per heavy atom. The van der Waals surface area contributed by atoms with Gasteiger partial charge < -0.3 is 15.2 Å². The van der Waals surface area contributed by atoms with Gasteiger partial charge in [0.1, 0.15) is 17.1 Å². The van der Waals surface area contributed by atoms with E-state index in [4.69, 9.17) is 15.2 Å². The molecule has 2 N–H and O–H groups in total. The van der Waals surface area contributed by atoms with Crippen molar-refractivity contribution in [2.24, 2.45) is 5.73 Å². The van der Waals surface area contributed by atoms with Gasteiger partial charge in [0, 0.05) is 6.42 Å². The second-order valence-corrected chi connectivity index (χ2v) is 4.19. The Labute approximate surface area is 106 Å². The fourth-order valence-electron chi connectivity index (χ4n) is 1.31. The smallest absolute Gasteiger partial charge is 0.325 e. The van der Waals surface area contributed by atoms with Crippen LogP contribution < -0.4 is 10.5 Å². The first-order valence-corrected chi connectivity index (χ1v) is 5.80. The molecule has 0 spiro atoms. The molecular formula is C13H18FNO3. The molecule has 1 aromatic carbocycles. The number of ether oxygens (including phenoxy) is 2. The molecule has 0 aliphatic heterocycles. The minimum atomic E-state index is -1.07. The van der Waals surface area contributed by atoms with Crippen molar-refractivity contribution in [2.45, 2.75) is 25.8 Å². The topological polar surface area (TPSA) is 61.5 Å². The molecule has 0 saturated heterocycles. The van der Waals surface area contributed by atoms with E-state index in [1.807, 2.05) is 0 Å². The van der Waals surface area contributed by atoms with Crippen molar-refractivity contribution in [2.75, 3.05) is 13.2 Å². The van der Waals surface area contributed by atoms with Crippen molar-refractivity contribution >= 4 is 5.97 Å². The summed E-state index contributed by atoms with van der Waals surface area (Å²) in [7, 11) is 0. The van der Waals surface area contributed by atoms with Gasteiger partial charge in [0.15, 0.2) is 0 Å². The van der Waals surface area contributed by atoms with Gasteiger partial charge in [-0.2, -0.15) is 0 Å². The highest BCUT2D eigenvalue weighted by Gasteiger charge is 2.29. The van der Waals surface area contributed by atoms with E-state index < -0.39 is 11.5 Å². The van der Waals surface area contributed by atoms with Gasteiger partial charge in [0.2, 0.25) is 0 Å². The number of hydrogen-bond acceptors (Lipinski definition) is 4. The number of nitrogens with two attached hydrogens (primary N) is 1. The van der Waals surface area contributed by atoms with Crippen LogP contribution in [0.3, 0.4) is 0 Å². The SMILES string of the molecule is CCOC(=O)C(C)(N)CCOc1ccc(F)cc1. The van der Waals surface area contributed by atoms with Gasteiger partial charge in [0.25, 0.3) is 0 Å². The van der Waals surface area contributed by atoms with Gasteiger partial charge in [-0.05, 0) is 38.1 Å². The maximum absolute atomic E-state index is 12.7. The molecular weight excluding hydrogens is 237 g/mol. The maximum atomic E-state index is 12.7. The molecule has 0 aliphatic carbocycles. The second-order valence-electron chi connectivity index (χ2n) is 4.19. The quantitative estimate of drug-likeness (QED) is 0.788. The third kappa shape index (κ3) is 4.33. The Bertz CT molecular complexity index is 390. The van der Waals surface area contributed by atoms with Crippen LogP contribution in [0.1, 0.15) is 20.3 Å². The molecule has 5 heteroatoms. The van der Waals surface area contributed by atoms with Gasteiger partial charge in [-0.1, -0.05) is 0 Å². The molecule has 0 bridgehead atoms. The monoisotopic (exact) mass is 255 g/mol. The molecule has 1 aromatic rings. The number of carbonyl (C=O) groups excluding carboxylic acids is 1. The maximum Gasteiger partial charge on any atom is 0.325 e. The van der Waals surface area contributed by atoms with Crippen molar-refractivity contribution in [3.05, 3.63) is 30.1 Å². The standard InChI is InChI=1S/C13H18FNO3/c1-3-17-12(16)13(2,15)8-9-18-11-6-4-10(14)5-7-11/h4-7H,3,8-9,15H2,1-2H3. The normalized spacial score (nSPS) is 13.8. The second kappa shape index (κ2) is 6.35. The van der Waals surface area contributed by atoms with E-state index in [1.54, 1.807) is 13.8 Å². The number of benzene rings is 1. The molecule has 0 aromatic heterocycles. The van der Waals surface area contributed by atoms with Crippen LogP contribution in [0, 0.1) is 5.82 Å². The summed E-state index contributed by atoms with van der Waals surface area (Å²) in [6, 6.07) is 5.66. The fraction of sp³-hybridized carbons (Fsp3) is 0.462. The summed E-state index contributed by atoms with van der Waals surface area (Å²) in [5, 5.41) is 0. The Hall–Kier alpha value is -1.62. The average Bonchev–Trinajstić information content (AvgIpc) is 2.32. The number of hydrogen-bond donors (Lipinski definition) is 1. The molecule has 100 valence electrons. The molecule has 1 unspecified atom stereocenters. The minimum Gasteiger partial charge on any atom is -0.494 e. The first-order chi connectivity index (χ1) is 8.45. The van der Waals surface area contributed by atoms with E-state index in [9.17, 15) is 9.18 Å². The van der Waals surface area contributed by atoms with Crippen LogP contribution in [0.4, 0.5) is 4.39 Å². The molecule has 0 amide bonds. The van der Waals surface area contributed by atoms with E-state index in [-0.39, 0.29) is 12.4 Å². The van der Waals surface area contributed by atoms with Gasteiger partial charge in [0.05, 0.1) is 13.2 Å². The van der Waals surface area contributed by atoms with Gasteiger partial charge >= 0.3 is 5.97 Å². The van der Waals surface area contributed by atoms with E-state index in [1.165, 1.54) is 24.3 Å². The summed E-state index contributed by atoms with van der Waals surface area (Å²) < 4.78 is 22.9. The molecule has 4 nitrogen and oxygen atoms in total. The highest BCUT2D eigenvalue weighted by Crippen LogP contribution is 2.14. The van der Waals surface area contributed by atoms with Crippen molar-refractivity contribution in [1.29, 1.82) is 0 Å². The van der Waals surface area contributed by atoms with Crippen LogP contribution in [0.15, 0.2) is 24.3 Å². The largest absolute Gasteiger partial charge is 0.494 e. The predicted molar refractivity (Wildman–Crippen MR) is 65.7 cm³/mol. The van der Waals surface area contributed by atoms with Crippen molar-refractivity contribution < 1.29 is 18.7 Å². The van der Waals surface area contributed by atoms with E-state index >= 15 is 0 Å². The van der Waals surface area contributed by atoms with Crippen molar-refractivity contribution in [3.63, 3.8) is 0 Å². The Morgan fingerprint density at radius 2 is 2.00 bits per heavy atom. The van der Waals surface area contributed by atoms with Crippen LogP contribution in [0.2, 0.25) is 0 Å². The van der Waals surface area contributed by atoms with E-state index in [0.29, 0.717) is 18.8 Å². The summed E-state index contributed by atoms with van der Waals surface area (Å²) in [6.45, 7) is 3.88. The lowest BCUT2D eigenvalue weighted by Gasteiger charge is -2.22. The Kier molecular flexibility index (Phi) is 5.09. The highest BCUT2D eigenvalue weighted by molar-refractivity contribution is 5.79. The number of halogens is 1. The van der Waals surface area contributed by atoms with Crippen LogP contribution in [0.5, 0.6) is 5.75 Å². The molecule has 0 aliphatic rings. The average molecular weight is 255 g/mol. The van der Waals surface area contributed by atoms with Crippen LogP contribution in [0.25, 0.3) is 0 Å². The third-order valence-electron chi connectivity index (χ3n) is 2.45. The zero-order valence-electron chi connectivity index (χ0n) is 10.6. The predicted octanol–water partition coefficient (Wildman–Crippen LogP) is 1.88. The fourth-order valence-corrected chi connectivity index (χ4v) is 1.31. The zero-order valence-corrected chi connectivity index (χ0v) is 10.6. The molecule has 0 heterocycles. The lowest BCUT2D eigenvalue weighted by molar-refractivity contribution is -0.149. The minimum absolute atomic E-state index is 0.261. The summed E-state index contributed by atoms with van der Waals surface area (Å²) in [6.07, 6.45) is 0.323. The Morgan fingerprint density at radius 3 is 2.56 bits per heavy atom. The zero-order chi connectivity index (χ0) is 13.6. The summed E-state index contributed by atoms with van der Waals surface area (Å²) >= 11 is 0. The van der Waals surface area contributed by atoms with Gasteiger partial charge in [-0.3, -0.25) is 4.79 Å². The number of carbonyl (C=O) groups is 1. The summed E-state index contributed by atoms with van der Waals surface area (Å²) in [5.41, 5.74) is 4.75. The molecule has 1 atom stereocenters. The first kappa shape index (κ1) is 14.4. The van der Waals surface area contributed by atoms with Crippen molar-refractivity contribution in [1.82, 2.24) is 0 Å². The third-order valence-corrected chi connectivity index (χ3v) is 2.45. The highest BCUT2D eigenvalue weighted by atomic mass is 19.1. The first-order valence-electron chi connectivity index (χ1n) is 5.80. The molecule has 0 fully saturated rings. The van der Waals surface area contributed by atoms with Crippen LogP contribution >= 0.6 is 0 Å². The van der Waals surface area contributed by atoms with Gasteiger partial charge in [-0.15, -0.1) is 0 Å². The lowest BCUT2D eigenvalue weighted by Crippen LogP contribution is -2.47. The van der Waals surface area contributed by atoms with Crippen LogP contribution in [-0.4, -0.2) is 24.7 Å². The van der Waals surface area contributed by atoms with E-state index in [0.717, 1.165) is 0 Å². The summed E-state index contributed by atoms with van der Waals surface area (Å²) in [5.74, 6) is -0.235. The number of esters is 1. The van der Waals surface area contributed by atoms with Crippen molar-refractivity contribution in [3.8, 4) is 5.75 Å². The van der Waals surface area contributed by atoms with Gasteiger partial charge in [-0.25, -0.2) is 4.39 Å². The number of rotatable bonds is 6. The molecule has 18 heavy (non-hydrogen) atoms. The van der Waals surface area contributed by atoms with Crippen LogP contribution in [-0.2, 0) is 9.53 Å². The summed E-state index contributed by atoms with van der Waals surface area (Å²) in [4.78, 5) is 11.5. The molecule has 1 rings (SSSR count). The van der Waals surface area contributed by atoms with E-state index in [2.05, 4.69) is 0 Å². The Balaban J connectivity index is 2.41. The molecule has 0 radical (unpaired) electrons. The molecule has 0 saturated carbocycles.